The SMILES string of the molecule is CCNC(c1ccc(C)c(C)c1)C1(OCC)CCCCC1. The molecule has 0 aromatic heterocycles. The van der Waals surface area contributed by atoms with Crippen molar-refractivity contribution in [3.8, 4) is 0 Å². The average molecular weight is 289 g/mol. The van der Waals surface area contributed by atoms with Crippen molar-refractivity contribution in [1.82, 2.24) is 5.32 Å². The number of ether oxygens (including phenoxy) is 1. The quantitative estimate of drug-likeness (QED) is 0.820. The highest BCUT2D eigenvalue weighted by Gasteiger charge is 2.41. The molecule has 0 spiro atoms. The van der Waals surface area contributed by atoms with Crippen LogP contribution >= 0.6 is 0 Å². The van der Waals surface area contributed by atoms with E-state index in [0.717, 1.165) is 13.2 Å². The zero-order valence-electron chi connectivity index (χ0n) is 14.2. The molecule has 1 unspecified atom stereocenters. The lowest BCUT2D eigenvalue weighted by Crippen LogP contribution is -2.47. The Hall–Kier alpha value is -0.860. The van der Waals surface area contributed by atoms with Gasteiger partial charge in [0.15, 0.2) is 0 Å². The minimum atomic E-state index is -0.0231. The largest absolute Gasteiger partial charge is 0.373 e. The summed E-state index contributed by atoms with van der Waals surface area (Å²) in [7, 11) is 0. The highest BCUT2D eigenvalue weighted by Crippen LogP contribution is 2.41. The van der Waals surface area contributed by atoms with Crippen molar-refractivity contribution < 1.29 is 4.74 Å². The molecule has 0 radical (unpaired) electrons. The van der Waals surface area contributed by atoms with E-state index in [4.69, 9.17) is 4.74 Å². The Morgan fingerprint density at radius 2 is 1.81 bits per heavy atom. The molecule has 1 aliphatic carbocycles. The summed E-state index contributed by atoms with van der Waals surface area (Å²) >= 11 is 0. The van der Waals surface area contributed by atoms with Crippen molar-refractivity contribution in [1.29, 1.82) is 0 Å². The Kier molecular flexibility index (Phi) is 5.83. The average Bonchev–Trinajstić information content (AvgIpc) is 2.49. The molecule has 0 heterocycles. The third-order valence-corrected chi connectivity index (χ3v) is 4.93. The monoisotopic (exact) mass is 289 g/mol. The maximum atomic E-state index is 6.35. The van der Waals surface area contributed by atoms with Crippen LogP contribution in [-0.4, -0.2) is 18.8 Å². The van der Waals surface area contributed by atoms with E-state index >= 15 is 0 Å². The van der Waals surface area contributed by atoms with Gasteiger partial charge >= 0.3 is 0 Å². The van der Waals surface area contributed by atoms with Crippen LogP contribution in [0.4, 0.5) is 0 Å². The first-order chi connectivity index (χ1) is 10.1. The van der Waals surface area contributed by atoms with Gasteiger partial charge in [-0.25, -0.2) is 0 Å². The molecule has 0 saturated heterocycles. The molecule has 2 heteroatoms. The lowest BCUT2D eigenvalue weighted by molar-refractivity contribution is -0.0910. The standard InChI is InChI=1S/C19H31NO/c1-5-20-18(17-11-10-15(3)16(4)14-17)19(21-6-2)12-8-7-9-13-19/h10-11,14,18,20H,5-9,12-13H2,1-4H3. The molecule has 1 atom stereocenters. The molecule has 1 aromatic carbocycles. The number of rotatable bonds is 6. The number of benzene rings is 1. The van der Waals surface area contributed by atoms with Gasteiger partial charge in [-0.05, 0) is 56.8 Å². The lowest BCUT2D eigenvalue weighted by atomic mass is 9.76. The second-order valence-corrected chi connectivity index (χ2v) is 6.39. The molecule has 118 valence electrons. The second-order valence-electron chi connectivity index (χ2n) is 6.39. The van der Waals surface area contributed by atoms with Crippen LogP contribution < -0.4 is 5.32 Å². The Morgan fingerprint density at radius 3 is 2.38 bits per heavy atom. The molecule has 1 aliphatic rings. The number of likely N-dealkylation sites (N-methyl/N-ethyl adjacent to an activating group) is 1. The minimum Gasteiger partial charge on any atom is -0.373 e. The molecule has 21 heavy (non-hydrogen) atoms. The van der Waals surface area contributed by atoms with Gasteiger partial charge in [0.05, 0.1) is 11.6 Å². The van der Waals surface area contributed by atoms with E-state index in [9.17, 15) is 0 Å². The summed E-state index contributed by atoms with van der Waals surface area (Å²) in [6, 6.07) is 7.18. The van der Waals surface area contributed by atoms with Crippen molar-refractivity contribution in [2.45, 2.75) is 71.4 Å². The summed E-state index contributed by atoms with van der Waals surface area (Å²) in [4.78, 5) is 0. The Balaban J connectivity index is 2.36. The van der Waals surface area contributed by atoms with Gasteiger partial charge in [0.25, 0.3) is 0 Å². The van der Waals surface area contributed by atoms with Crippen LogP contribution in [0.3, 0.4) is 0 Å². The van der Waals surface area contributed by atoms with Gasteiger partial charge < -0.3 is 10.1 Å². The van der Waals surface area contributed by atoms with E-state index in [2.05, 4.69) is 51.2 Å². The molecule has 1 saturated carbocycles. The fraction of sp³-hybridized carbons (Fsp3) is 0.684. The lowest BCUT2D eigenvalue weighted by Gasteiger charge is -2.44. The molecule has 2 nitrogen and oxygen atoms in total. The van der Waals surface area contributed by atoms with Crippen LogP contribution in [0.25, 0.3) is 0 Å². The molecule has 0 bridgehead atoms. The predicted octanol–water partition coefficient (Wildman–Crippen LogP) is 4.69. The summed E-state index contributed by atoms with van der Waals surface area (Å²) in [6.07, 6.45) is 6.26. The first-order valence-corrected chi connectivity index (χ1v) is 8.57. The maximum absolute atomic E-state index is 6.35. The van der Waals surface area contributed by atoms with Gasteiger partial charge in [0, 0.05) is 6.61 Å². The van der Waals surface area contributed by atoms with Gasteiger partial charge in [-0.2, -0.15) is 0 Å². The molecule has 0 amide bonds. The molecular weight excluding hydrogens is 258 g/mol. The van der Waals surface area contributed by atoms with E-state index in [1.807, 2.05) is 0 Å². The van der Waals surface area contributed by atoms with Crippen LogP contribution in [0, 0.1) is 13.8 Å². The summed E-state index contributed by atoms with van der Waals surface area (Å²) < 4.78 is 6.35. The van der Waals surface area contributed by atoms with E-state index < -0.39 is 0 Å². The van der Waals surface area contributed by atoms with Crippen molar-refractivity contribution in [3.05, 3.63) is 34.9 Å². The number of hydrogen-bond acceptors (Lipinski definition) is 2. The zero-order chi connectivity index (χ0) is 15.3. The molecule has 0 aliphatic heterocycles. The molecule has 1 fully saturated rings. The number of hydrogen-bond donors (Lipinski definition) is 1. The summed E-state index contributed by atoms with van der Waals surface area (Å²) in [5, 5.41) is 3.72. The smallest absolute Gasteiger partial charge is 0.0876 e. The van der Waals surface area contributed by atoms with Gasteiger partial charge in [-0.1, -0.05) is 44.4 Å². The fourth-order valence-electron chi connectivity index (χ4n) is 3.71. The van der Waals surface area contributed by atoms with Gasteiger partial charge in [-0.3, -0.25) is 0 Å². The Labute approximate surface area is 130 Å². The fourth-order valence-corrected chi connectivity index (χ4v) is 3.71. The molecule has 1 N–H and O–H groups in total. The van der Waals surface area contributed by atoms with Crippen LogP contribution in [0.1, 0.15) is 68.7 Å². The van der Waals surface area contributed by atoms with Crippen molar-refractivity contribution in [3.63, 3.8) is 0 Å². The van der Waals surface area contributed by atoms with Crippen molar-refractivity contribution in [2.24, 2.45) is 0 Å². The van der Waals surface area contributed by atoms with E-state index in [0.29, 0.717) is 6.04 Å². The van der Waals surface area contributed by atoms with E-state index in [-0.39, 0.29) is 5.60 Å². The predicted molar refractivity (Wildman–Crippen MR) is 89.8 cm³/mol. The molecule has 2 rings (SSSR count). The van der Waals surface area contributed by atoms with Crippen LogP contribution in [-0.2, 0) is 4.74 Å². The maximum Gasteiger partial charge on any atom is 0.0876 e. The summed E-state index contributed by atoms with van der Waals surface area (Å²) in [5.41, 5.74) is 4.10. The highest BCUT2D eigenvalue weighted by molar-refractivity contribution is 5.33. The van der Waals surface area contributed by atoms with Crippen LogP contribution in [0.2, 0.25) is 0 Å². The first kappa shape index (κ1) is 16.5. The third kappa shape index (κ3) is 3.67. The van der Waals surface area contributed by atoms with Gasteiger partial charge in [0.1, 0.15) is 0 Å². The van der Waals surface area contributed by atoms with Gasteiger partial charge in [0.2, 0.25) is 0 Å². The number of aryl methyl sites for hydroxylation is 2. The van der Waals surface area contributed by atoms with Crippen LogP contribution in [0.15, 0.2) is 18.2 Å². The number of nitrogens with one attached hydrogen (secondary N) is 1. The Morgan fingerprint density at radius 1 is 1.10 bits per heavy atom. The Bertz CT molecular complexity index is 443. The summed E-state index contributed by atoms with van der Waals surface area (Å²) in [6.45, 7) is 10.5. The molecular formula is C19H31NO. The summed E-state index contributed by atoms with van der Waals surface area (Å²) in [5.74, 6) is 0. The van der Waals surface area contributed by atoms with Crippen molar-refractivity contribution >= 4 is 0 Å². The van der Waals surface area contributed by atoms with Gasteiger partial charge in [-0.15, -0.1) is 0 Å². The topological polar surface area (TPSA) is 21.3 Å². The molecule has 1 aromatic rings. The minimum absolute atomic E-state index is 0.0231. The van der Waals surface area contributed by atoms with Crippen molar-refractivity contribution in [2.75, 3.05) is 13.2 Å². The normalized spacial score (nSPS) is 19.4. The van der Waals surface area contributed by atoms with E-state index in [1.54, 1.807) is 0 Å². The van der Waals surface area contributed by atoms with E-state index in [1.165, 1.54) is 48.8 Å². The second kappa shape index (κ2) is 7.42. The third-order valence-electron chi connectivity index (χ3n) is 4.93. The zero-order valence-corrected chi connectivity index (χ0v) is 14.2. The highest BCUT2D eigenvalue weighted by atomic mass is 16.5. The first-order valence-electron chi connectivity index (χ1n) is 8.57. The van der Waals surface area contributed by atoms with Crippen LogP contribution in [0.5, 0.6) is 0 Å².